The molecule has 2 N–H and O–H groups in total. The Hall–Kier alpha value is -1.10. The van der Waals surface area contributed by atoms with E-state index < -0.39 is 6.04 Å². The number of amides is 2. The molecule has 0 saturated carbocycles. The summed E-state index contributed by atoms with van der Waals surface area (Å²) < 4.78 is 0. The number of hydrogen-bond acceptors (Lipinski definition) is 3. The van der Waals surface area contributed by atoms with Gasteiger partial charge in [0.2, 0.25) is 11.8 Å². The van der Waals surface area contributed by atoms with Crippen LogP contribution in [-0.2, 0) is 9.59 Å². The second-order valence-corrected chi connectivity index (χ2v) is 5.38. The molecule has 104 valence electrons. The standard InChI is InChI=1S/C13H25N3O2/c1-9(2)16(11(4)17)8-12-6-5-7-15(12)13(18)10(3)14/h9-10,12H,5-8,14H2,1-4H3/t10-,12?/m0/s1. The molecule has 0 radical (unpaired) electrons. The molecule has 0 aromatic rings. The van der Waals surface area contributed by atoms with Crippen LogP contribution >= 0.6 is 0 Å². The molecule has 1 heterocycles. The number of carbonyl (C=O) groups is 2. The summed E-state index contributed by atoms with van der Waals surface area (Å²) in [7, 11) is 0. The van der Waals surface area contributed by atoms with Crippen LogP contribution in [0.2, 0.25) is 0 Å². The highest BCUT2D eigenvalue weighted by Gasteiger charge is 2.32. The van der Waals surface area contributed by atoms with Gasteiger partial charge in [-0.15, -0.1) is 0 Å². The summed E-state index contributed by atoms with van der Waals surface area (Å²) in [5, 5.41) is 0. The molecule has 0 bridgehead atoms. The predicted octanol–water partition coefficient (Wildman–Crippen LogP) is 0.582. The van der Waals surface area contributed by atoms with E-state index in [1.54, 1.807) is 13.8 Å². The average Bonchev–Trinajstić information content (AvgIpc) is 2.71. The van der Waals surface area contributed by atoms with Crippen molar-refractivity contribution in [3.05, 3.63) is 0 Å². The molecule has 0 aromatic heterocycles. The van der Waals surface area contributed by atoms with Crippen LogP contribution in [0, 0.1) is 0 Å². The van der Waals surface area contributed by atoms with Crippen molar-refractivity contribution in [1.29, 1.82) is 0 Å². The van der Waals surface area contributed by atoms with Crippen LogP contribution in [-0.4, -0.2) is 52.8 Å². The van der Waals surface area contributed by atoms with Gasteiger partial charge in [-0.3, -0.25) is 9.59 Å². The number of likely N-dealkylation sites (tertiary alicyclic amines) is 1. The zero-order chi connectivity index (χ0) is 13.9. The lowest BCUT2D eigenvalue weighted by Crippen LogP contribution is -2.50. The third-order valence-corrected chi connectivity index (χ3v) is 3.49. The van der Waals surface area contributed by atoms with Crippen molar-refractivity contribution >= 4 is 11.8 Å². The molecule has 2 amide bonds. The zero-order valence-corrected chi connectivity index (χ0v) is 11.8. The number of carbonyl (C=O) groups excluding carboxylic acids is 2. The summed E-state index contributed by atoms with van der Waals surface area (Å²) >= 11 is 0. The van der Waals surface area contributed by atoms with Crippen LogP contribution in [0.3, 0.4) is 0 Å². The molecule has 18 heavy (non-hydrogen) atoms. The highest BCUT2D eigenvalue weighted by molar-refractivity contribution is 5.82. The Kier molecular flexibility index (Phi) is 5.14. The first-order valence-electron chi connectivity index (χ1n) is 6.67. The van der Waals surface area contributed by atoms with E-state index in [4.69, 9.17) is 5.73 Å². The SMILES string of the molecule is CC(=O)N(CC1CCCN1C(=O)[C@H](C)N)C(C)C. The van der Waals surface area contributed by atoms with E-state index in [1.165, 1.54) is 0 Å². The molecular weight excluding hydrogens is 230 g/mol. The Morgan fingerprint density at radius 2 is 2.00 bits per heavy atom. The maximum absolute atomic E-state index is 12.0. The molecule has 1 saturated heterocycles. The normalized spacial score (nSPS) is 21.2. The average molecular weight is 255 g/mol. The minimum Gasteiger partial charge on any atom is -0.338 e. The first-order valence-corrected chi connectivity index (χ1v) is 6.67. The summed E-state index contributed by atoms with van der Waals surface area (Å²) in [6.45, 7) is 8.65. The minimum atomic E-state index is -0.463. The van der Waals surface area contributed by atoms with Gasteiger partial charge in [0, 0.05) is 32.1 Å². The molecule has 5 heteroatoms. The largest absolute Gasteiger partial charge is 0.338 e. The van der Waals surface area contributed by atoms with Crippen LogP contribution in [0.25, 0.3) is 0 Å². The Labute approximate surface area is 109 Å². The van der Waals surface area contributed by atoms with Crippen LogP contribution in [0.1, 0.15) is 40.5 Å². The first kappa shape index (κ1) is 15.0. The topological polar surface area (TPSA) is 66.6 Å². The fourth-order valence-corrected chi connectivity index (χ4v) is 2.51. The van der Waals surface area contributed by atoms with Crippen LogP contribution in [0.4, 0.5) is 0 Å². The Bertz CT molecular complexity index is 315. The molecule has 1 aliphatic heterocycles. The second kappa shape index (κ2) is 6.18. The van der Waals surface area contributed by atoms with Crippen molar-refractivity contribution in [1.82, 2.24) is 9.80 Å². The molecule has 1 aliphatic rings. The monoisotopic (exact) mass is 255 g/mol. The van der Waals surface area contributed by atoms with Crippen LogP contribution in [0.5, 0.6) is 0 Å². The molecule has 0 spiro atoms. The van der Waals surface area contributed by atoms with Gasteiger partial charge in [-0.1, -0.05) is 0 Å². The summed E-state index contributed by atoms with van der Waals surface area (Å²) in [6.07, 6.45) is 1.95. The third kappa shape index (κ3) is 3.45. The van der Waals surface area contributed by atoms with Gasteiger partial charge >= 0.3 is 0 Å². The van der Waals surface area contributed by atoms with Crippen LogP contribution in [0.15, 0.2) is 0 Å². The van der Waals surface area contributed by atoms with Gasteiger partial charge in [-0.05, 0) is 33.6 Å². The van der Waals surface area contributed by atoms with Crippen molar-refractivity contribution in [2.75, 3.05) is 13.1 Å². The van der Waals surface area contributed by atoms with Gasteiger partial charge in [-0.2, -0.15) is 0 Å². The van der Waals surface area contributed by atoms with E-state index in [2.05, 4.69) is 0 Å². The Morgan fingerprint density at radius 3 is 2.44 bits per heavy atom. The molecule has 1 rings (SSSR count). The van der Waals surface area contributed by atoms with Gasteiger partial charge in [0.25, 0.3) is 0 Å². The predicted molar refractivity (Wildman–Crippen MR) is 70.9 cm³/mol. The smallest absolute Gasteiger partial charge is 0.239 e. The van der Waals surface area contributed by atoms with Gasteiger partial charge in [0.15, 0.2) is 0 Å². The van der Waals surface area contributed by atoms with Crippen molar-refractivity contribution in [3.8, 4) is 0 Å². The maximum atomic E-state index is 12.0. The van der Waals surface area contributed by atoms with Crippen molar-refractivity contribution in [3.63, 3.8) is 0 Å². The Balaban J connectivity index is 2.70. The van der Waals surface area contributed by atoms with E-state index in [0.717, 1.165) is 19.4 Å². The van der Waals surface area contributed by atoms with E-state index in [9.17, 15) is 9.59 Å². The summed E-state index contributed by atoms with van der Waals surface area (Å²) in [4.78, 5) is 27.2. The summed E-state index contributed by atoms with van der Waals surface area (Å²) in [5.41, 5.74) is 5.66. The molecule has 2 atom stereocenters. The van der Waals surface area contributed by atoms with Gasteiger partial charge in [0.1, 0.15) is 0 Å². The van der Waals surface area contributed by atoms with Crippen molar-refractivity contribution < 1.29 is 9.59 Å². The highest BCUT2D eigenvalue weighted by Crippen LogP contribution is 2.20. The van der Waals surface area contributed by atoms with E-state index in [-0.39, 0.29) is 23.9 Å². The molecule has 1 unspecified atom stereocenters. The Morgan fingerprint density at radius 1 is 1.39 bits per heavy atom. The number of nitrogens with two attached hydrogens (primary N) is 1. The molecule has 1 fully saturated rings. The molecule has 0 aromatic carbocycles. The lowest BCUT2D eigenvalue weighted by Gasteiger charge is -2.33. The quantitative estimate of drug-likeness (QED) is 0.799. The highest BCUT2D eigenvalue weighted by atomic mass is 16.2. The molecular formula is C13H25N3O2. The number of hydrogen-bond donors (Lipinski definition) is 1. The van der Waals surface area contributed by atoms with Gasteiger partial charge in [0.05, 0.1) is 6.04 Å². The summed E-state index contributed by atoms with van der Waals surface area (Å²) in [6, 6.07) is -0.180. The number of rotatable bonds is 4. The fraction of sp³-hybridized carbons (Fsp3) is 0.846. The summed E-state index contributed by atoms with van der Waals surface area (Å²) in [5.74, 6) is 0.0508. The van der Waals surface area contributed by atoms with Gasteiger partial charge in [-0.25, -0.2) is 0 Å². The molecule has 0 aliphatic carbocycles. The maximum Gasteiger partial charge on any atom is 0.239 e. The lowest BCUT2D eigenvalue weighted by molar-refractivity contribution is -0.137. The van der Waals surface area contributed by atoms with Gasteiger partial charge < -0.3 is 15.5 Å². The van der Waals surface area contributed by atoms with Crippen molar-refractivity contribution in [2.45, 2.75) is 58.7 Å². The van der Waals surface area contributed by atoms with Crippen molar-refractivity contribution in [2.24, 2.45) is 5.73 Å². The second-order valence-electron chi connectivity index (χ2n) is 5.38. The van der Waals surface area contributed by atoms with E-state index >= 15 is 0 Å². The molecule has 5 nitrogen and oxygen atoms in total. The minimum absolute atomic E-state index is 0.00948. The van der Waals surface area contributed by atoms with Crippen LogP contribution < -0.4 is 5.73 Å². The fourth-order valence-electron chi connectivity index (χ4n) is 2.51. The lowest BCUT2D eigenvalue weighted by atomic mass is 10.1. The zero-order valence-electron chi connectivity index (χ0n) is 11.8. The van der Waals surface area contributed by atoms with E-state index in [1.807, 2.05) is 23.6 Å². The first-order chi connectivity index (χ1) is 8.34. The third-order valence-electron chi connectivity index (χ3n) is 3.49. The van der Waals surface area contributed by atoms with E-state index in [0.29, 0.717) is 6.54 Å². The number of nitrogens with zero attached hydrogens (tertiary/aromatic N) is 2.